The number of ether oxygens (including phenoxy) is 1. The first-order valence-corrected chi connectivity index (χ1v) is 3.55. The average Bonchev–Trinajstić information content (AvgIpc) is 2.47. The monoisotopic (exact) mass is 168 g/mol. The van der Waals surface area contributed by atoms with E-state index in [0.29, 0.717) is 18.1 Å². The second-order valence-corrected chi connectivity index (χ2v) is 2.45. The third-order valence-electron chi connectivity index (χ3n) is 1.70. The highest BCUT2D eigenvalue weighted by atomic mass is 16.5. The van der Waals surface area contributed by atoms with Crippen molar-refractivity contribution in [3.8, 4) is 5.88 Å². The van der Waals surface area contributed by atoms with Gasteiger partial charge in [-0.3, -0.25) is 4.79 Å². The van der Waals surface area contributed by atoms with Crippen molar-refractivity contribution < 1.29 is 9.53 Å². The first kappa shape index (κ1) is 8.77. The zero-order valence-corrected chi connectivity index (χ0v) is 5.99. The molecule has 0 aliphatic carbocycles. The molecule has 0 bridgehead atoms. The summed E-state index contributed by atoms with van der Waals surface area (Å²) in [6, 6.07) is 0. The van der Waals surface area contributed by atoms with Crippen LogP contribution in [0.25, 0.3) is 0 Å². The molecule has 12 heavy (non-hydrogen) atoms. The first-order chi connectivity index (χ1) is 5.42. The maximum absolute atomic E-state index is 10.4. The second-order valence-electron chi connectivity index (χ2n) is 2.45. The molecule has 4 heteroatoms. The number of rotatable bonds is 1. The fourth-order valence-corrected chi connectivity index (χ4v) is 1.17. The molecule has 2 rings (SSSR count). The van der Waals surface area contributed by atoms with Gasteiger partial charge in [-0.15, -0.1) is 0 Å². The number of aromatic nitrogens is 2. The van der Waals surface area contributed by atoms with Crippen LogP contribution in [0.1, 0.15) is 24.2 Å². The molecule has 0 fully saturated rings. The third-order valence-corrected chi connectivity index (χ3v) is 1.70. The van der Waals surface area contributed by atoms with E-state index in [1.165, 1.54) is 6.20 Å². The van der Waals surface area contributed by atoms with Crippen LogP contribution in [0.3, 0.4) is 0 Å². The van der Waals surface area contributed by atoms with Crippen LogP contribution in [0.4, 0.5) is 0 Å². The predicted octanol–water partition coefficient (Wildman–Crippen LogP) is 1.11. The molecule has 4 nitrogen and oxygen atoms in total. The van der Waals surface area contributed by atoms with Gasteiger partial charge in [-0.25, -0.2) is 4.68 Å². The molecule has 0 amide bonds. The van der Waals surface area contributed by atoms with E-state index >= 15 is 0 Å². The summed E-state index contributed by atoms with van der Waals surface area (Å²) in [5, 5.41) is 3.99. The van der Waals surface area contributed by atoms with Gasteiger partial charge in [0.25, 0.3) is 0 Å². The Hall–Kier alpha value is -1.32. The van der Waals surface area contributed by atoms with E-state index in [0.717, 1.165) is 19.3 Å². The second kappa shape index (κ2) is 3.38. The third kappa shape index (κ3) is 1.20. The van der Waals surface area contributed by atoms with Crippen molar-refractivity contribution in [1.82, 2.24) is 9.78 Å². The summed E-state index contributed by atoms with van der Waals surface area (Å²) in [5.41, 5.74) is 0.546. The Bertz CT molecular complexity index is 281. The molecule has 1 aliphatic rings. The van der Waals surface area contributed by atoms with Crippen LogP contribution in [0.15, 0.2) is 6.20 Å². The standard InChI is InChI=1S/C7H8N2O2.CH4/c10-5-6-4-8-9-2-1-3-11-7(6)9;/h4-5H,1-3H2;1H4. The number of hydrogen-bond donors (Lipinski definition) is 0. The van der Waals surface area contributed by atoms with Gasteiger partial charge in [0.15, 0.2) is 6.29 Å². The molecule has 66 valence electrons. The number of carbonyl (C=O) groups excluding carboxylic acids is 1. The number of carbonyl (C=O) groups is 1. The summed E-state index contributed by atoms with van der Waals surface area (Å²) in [6.45, 7) is 1.54. The quantitative estimate of drug-likeness (QED) is 0.590. The van der Waals surface area contributed by atoms with Crippen molar-refractivity contribution >= 4 is 6.29 Å². The molecule has 2 heterocycles. The Morgan fingerprint density at radius 1 is 1.67 bits per heavy atom. The Balaban J connectivity index is 0.000000720. The molecular formula is C8H12N2O2. The van der Waals surface area contributed by atoms with Crippen LogP contribution < -0.4 is 4.74 Å². The van der Waals surface area contributed by atoms with Crippen molar-refractivity contribution in [3.05, 3.63) is 11.8 Å². The highest BCUT2D eigenvalue weighted by Crippen LogP contribution is 2.19. The van der Waals surface area contributed by atoms with Gasteiger partial charge in [0.2, 0.25) is 5.88 Å². The topological polar surface area (TPSA) is 44.1 Å². The normalized spacial score (nSPS) is 14.0. The average molecular weight is 168 g/mol. The lowest BCUT2D eigenvalue weighted by Crippen LogP contribution is -2.15. The maximum Gasteiger partial charge on any atom is 0.222 e. The van der Waals surface area contributed by atoms with E-state index < -0.39 is 0 Å². The lowest BCUT2D eigenvalue weighted by Gasteiger charge is -2.14. The molecule has 1 aromatic rings. The van der Waals surface area contributed by atoms with Crippen molar-refractivity contribution in [3.63, 3.8) is 0 Å². The zero-order valence-electron chi connectivity index (χ0n) is 5.99. The van der Waals surface area contributed by atoms with Crippen LogP contribution >= 0.6 is 0 Å². The van der Waals surface area contributed by atoms with Gasteiger partial charge in [-0.05, 0) is 0 Å². The van der Waals surface area contributed by atoms with Gasteiger partial charge >= 0.3 is 0 Å². The lowest BCUT2D eigenvalue weighted by atomic mass is 10.3. The summed E-state index contributed by atoms with van der Waals surface area (Å²) >= 11 is 0. The predicted molar refractivity (Wildman–Crippen MR) is 44.5 cm³/mol. The fraction of sp³-hybridized carbons (Fsp3) is 0.500. The smallest absolute Gasteiger partial charge is 0.222 e. The first-order valence-electron chi connectivity index (χ1n) is 3.55. The van der Waals surface area contributed by atoms with E-state index in [-0.39, 0.29) is 7.43 Å². The van der Waals surface area contributed by atoms with Crippen LogP contribution in [0.5, 0.6) is 5.88 Å². The zero-order chi connectivity index (χ0) is 7.68. The van der Waals surface area contributed by atoms with Crippen LogP contribution in [-0.2, 0) is 6.54 Å². The molecule has 0 aromatic carbocycles. The molecule has 0 N–H and O–H groups in total. The van der Waals surface area contributed by atoms with Gasteiger partial charge in [-0.2, -0.15) is 5.10 Å². The largest absolute Gasteiger partial charge is 0.477 e. The minimum atomic E-state index is 0. The van der Waals surface area contributed by atoms with Gasteiger partial charge in [0.1, 0.15) is 0 Å². The van der Waals surface area contributed by atoms with E-state index in [4.69, 9.17) is 4.74 Å². The maximum atomic E-state index is 10.4. The molecule has 0 spiro atoms. The van der Waals surface area contributed by atoms with E-state index in [1.54, 1.807) is 4.68 Å². The van der Waals surface area contributed by atoms with Crippen molar-refractivity contribution in [2.45, 2.75) is 20.4 Å². The molecule has 0 atom stereocenters. The summed E-state index contributed by atoms with van der Waals surface area (Å²) in [4.78, 5) is 10.4. The number of fused-ring (bicyclic) bond motifs is 1. The number of aryl methyl sites for hydroxylation is 1. The van der Waals surface area contributed by atoms with Crippen molar-refractivity contribution in [2.75, 3.05) is 6.61 Å². The minimum Gasteiger partial charge on any atom is -0.477 e. The Morgan fingerprint density at radius 2 is 2.50 bits per heavy atom. The Morgan fingerprint density at radius 3 is 3.25 bits per heavy atom. The van der Waals surface area contributed by atoms with Crippen LogP contribution in [0, 0.1) is 0 Å². The lowest BCUT2D eigenvalue weighted by molar-refractivity contribution is 0.111. The minimum absolute atomic E-state index is 0. The van der Waals surface area contributed by atoms with Crippen molar-refractivity contribution in [2.24, 2.45) is 0 Å². The fourth-order valence-electron chi connectivity index (χ4n) is 1.17. The summed E-state index contributed by atoms with van der Waals surface area (Å²) in [5.74, 6) is 0.617. The number of hydrogen-bond acceptors (Lipinski definition) is 3. The van der Waals surface area contributed by atoms with E-state index in [2.05, 4.69) is 5.10 Å². The van der Waals surface area contributed by atoms with Gasteiger partial charge in [0.05, 0.1) is 18.4 Å². The van der Waals surface area contributed by atoms with E-state index in [9.17, 15) is 4.79 Å². The highest BCUT2D eigenvalue weighted by Gasteiger charge is 2.14. The highest BCUT2D eigenvalue weighted by molar-refractivity contribution is 5.77. The van der Waals surface area contributed by atoms with E-state index in [1.807, 2.05) is 0 Å². The van der Waals surface area contributed by atoms with Crippen LogP contribution in [-0.4, -0.2) is 22.7 Å². The summed E-state index contributed by atoms with van der Waals surface area (Å²) in [6.07, 6.45) is 3.27. The van der Waals surface area contributed by atoms with Gasteiger partial charge in [0, 0.05) is 13.0 Å². The van der Waals surface area contributed by atoms with Gasteiger partial charge < -0.3 is 4.74 Å². The summed E-state index contributed by atoms with van der Waals surface area (Å²) in [7, 11) is 0. The molecule has 0 saturated heterocycles. The molecular weight excluding hydrogens is 156 g/mol. The molecule has 1 aliphatic heterocycles. The SMILES string of the molecule is C.O=Cc1cnn2c1OCCC2. The Kier molecular flexibility index (Phi) is 2.47. The molecule has 1 aromatic heterocycles. The Labute approximate surface area is 71.1 Å². The van der Waals surface area contributed by atoms with Crippen molar-refractivity contribution in [1.29, 1.82) is 0 Å². The molecule has 0 unspecified atom stereocenters. The molecule has 0 radical (unpaired) electrons. The van der Waals surface area contributed by atoms with Crippen LogP contribution in [0.2, 0.25) is 0 Å². The molecule has 0 saturated carbocycles. The summed E-state index contributed by atoms with van der Waals surface area (Å²) < 4.78 is 6.97. The van der Waals surface area contributed by atoms with Gasteiger partial charge in [-0.1, -0.05) is 7.43 Å². The number of nitrogens with zero attached hydrogens (tertiary/aromatic N) is 2. The number of aldehydes is 1.